The number of ketones is 1. The summed E-state index contributed by atoms with van der Waals surface area (Å²) in [6.07, 6.45) is 1.42. The van der Waals surface area contributed by atoms with E-state index in [0.29, 0.717) is 50.3 Å². The Morgan fingerprint density at radius 2 is 2.00 bits per heavy atom. The van der Waals surface area contributed by atoms with Crippen LogP contribution in [0.1, 0.15) is 47.7 Å². The molecule has 0 radical (unpaired) electrons. The maximum absolute atomic E-state index is 12.6. The van der Waals surface area contributed by atoms with Crippen LogP contribution in [0.3, 0.4) is 0 Å². The molecule has 0 aromatic heterocycles. The Morgan fingerprint density at radius 3 is 2.65 bits per heavy atom. The fourth-order valence-electron chi connectivity index (χ4n) is 3.61. The summed E-state index contributed by atoms with van der Waals surface area (Å²) in [5.74, 6) is 0.844. The minimum atomic E-state index is -0.479. The minimum absolute atomic E-state index is 0.147. The van der Waals surface area contributed by atoms with Gasteiger partial charge in [0, 0.05) is 25.9 Å². The SMILES string of the molecule is CCOC(=O)N1CCC2(CC1)CC(=O)c1c(C)cc(C)cc1O2. The van der Waals surface area contributed by atoms with Crippen molar-refractivity contribution in [3.8, 4) is 5.75 Å². The number of hydrogen-bond donors (Lipinski definition) is 0. The van der Waals surface area contributed by atoms with Gasteiger partial charge < -0.3 is 14.4 Å². The second kappa shape index (κ2) is 5.87. The van der Waals surface area contributed by atoms with E-state index in [1.807, 2.05) is 26.0 Å². The van der Waals surface area contributed by atoms with Gasteiger partial charge in [-0.2, -0.15) is 0 Å². The normalized spacial score (nSPS) is 19.3. The summed E-state index contributed by atoms with van der Waals surface area (Å²) in [5, 5.41) is 0. The van der Waals surface area contributed by atoms with Gasteiger partial charge in [0.1, 0.15) is 11.4 Å². The number of likely N-dealkylation sites (tertiary alicyclic amines) is 1. The summed E-state index contributed by atoms with van der Waals surface area (Å²) in [4.78, 5) is 26.1. The van der Waals surface area contributed by atoms with Gasteiger partial charge in [-0.15, -0.1) is 0 Å². The molecule has 3 rings (SSSR count). The number of hydrogen-bond acceptors (Lipinski definition) is 4. The highest BCUT2D eigenvalue weighted by Gasteiger charge is 2.44. The Labute approximate surface area is 136 Å². The van der Waals surface area contributed by atoms with Crippen LogP contribution in [0.4, 0.5) is 4.79 Å². The fourth-order valence-corrected chi connectivity index (χ4v) is 3.61. The van der Waals surface area contributed by atoms with E-state index < -0.39 is 5.60 Å². The number of piperidine rings is 1. The van der Waals surface area contributed by atoms with Gasteiger partial charge in [0.05, 0.1) is 18.6 Å². The quantitative estimate of drug-likeness (QED) is 0.798. The van der Waals surface area contributed by atoms with E-state index in [0.717, 1.165) is 11.1 Å². The van der Waals surface area contributed by atoms with Crippen LogP contribution >= 0.6 is 0 Å². The van der Waals surface area contributed by atoms with Crippen LogP contribution in [0.25, 0.3) is 0 Å². The highest BCUT2D eigenvalue weighted by atomic mass is 16.6. The maximum atomic E-state index is 12.6. The minimum Gasteiger partial charge on any atom is -0.486 e. The highest BCUT2D eigenvalue weighted by molar-refractivity contribution is 6.01. The lowest BCUT2D eigenvalue weighted by molar-refractivity contribution is -0.00869. The van der Waals surface area contributed by atoms with E-state index in [2.05, 4.69) is 0 Å². The Kier molecular flexibility index (Phi) is 4.04. The number of fused-ring (bicyclic) bond motifs is 1. The lowest BCUT2D eigenvalue weighted by atomic mass is 9.81. The first kappa shape index (κ1) is 15.8. The zero-order chi connectivity index (χ0) is 16.6. The van der Waals surface area contributed by atoms with E-state index in [9.17, 15) is 9.59 Å². The molecule has 1 fully saturated rings. The summed E-state index contributed by atoms with van der Waals surface area (Å²) in [7, 11) is 0. The number of nitrogens with zero attached hydrogens (tertiary/aromatic N) is 1. The molecule has 5 heteroatoms. The zero-order valence-corrected chi connectivity index (χ0v) is 14.0. The summed E-state index contributed by atoms with van der Waals surface area (Å²) >= 11 is 0. The second-order valence-corrected chi connectivity index (χ2v) is 6.53. The van der Waals surface area contributed by atoms with E-state index in [1.54, 1.807) is 11.8 Å². The van der Waals surface area contributed by atoms with Crippen molar-refractivity contribution in [2.45, 2.75) is 45.6 Å². The van der Waals surface area contributed by atoms with Crippen molar-refractivity contribution in [2.75, 3.05) is 19.7 Å². The predicted molar refractivity (Wildman–Crippen MR) is 86.1 cm³/mol. The van der Waals surface area contributed by atoms with Crippen LogP contribution in [0.15, 0.2) is 12.1 Å². The van der Waals surface area contributed by atoms with E-state index >= 15 is 0 Å². The molecule has 0 aliphatic carbocycles. The van der Waals surface area contributed by atoms with Crippen molar-refractivity contribution in [2.24, 2.45) is 0 Å². The third kappa shape index (κ3) is 2.92. The average molecular weight is 317 g/mol. The first-order chi connectivity index (χ1) is 10.9. The molecule has 23 heavy (non-hydrogen) atoms. The molecule has 1 spiro atoms. The van der Waals surface area contributed by atoms with Crippen molar-refractivity contribution in [1.29, 1.82) is 0 Å². The smallest absolute Gasteiger partial charge is 0.409 e. The number of aryl methyl sites for hydroxylation is 2. The number of ether oxygens (including phenoxy) is 2. The first-order valence-corrected chi connectivity index (χ1v) is 8.19. The lowest BCUT2D eigenvalue weighted by Gasteiger charge is -2.43. The molecule has 1 saturated heterocycles. The van der Waals surface area contributed by atoms with E-state index in [-0.39, 0.29) is 11.9 Å². The van der Waals surface area contributed by atoms with Gasteiger partial charge in [0.2, 0.25) is 0 Å². The first-order valence-electron chi connectivity index (χ1n) is 8.19. The van der Waals surface area contributed by atoms with Gasteiger partial charge in [0.15, 0.2) is 5.78 Å². The predicted octanol–water partition coefficient (Wildman–Crippen LogP) is 3.26. The summed E-state index contributed by atoms with van der Waals surface area (Å²) in [6, 6.07) is 3.96. The Balaban J connectivity index is 1.79. The molecule has 2 aliphatic rings. The Bertz CT molecular complexity index is 645. The van der Waals surface area contributed by atoms with Gasteiger partial charge in [-0.25, -0.2) is 4.79 Å². The topological polar surface area (TPSA) is 55.8 Å². The number of carbonyl (C=O) groups is 2. The van der Waals surface area contributed by atoms with Crippen molar-refractivity contribution < 1.29 is 19.1 Å². The van der Waals surface area contributed by atoms with Crippen molar-refractivity contribution in [3.05, 3.63) is 28.8 Å². The summed E-state index contributed by atoms with van der Waals surface area (Å²) in [5.41, 5.74) is 2.31. The lowest BCUT2D eigenvalue weighted by Crippen LogP contribution is -2.52. The molecule has 2 heterocycles. The number of Topliss-reactive ketones (excluding diaryl/α,β-unsaturated/α-hetero) is 1. The molecule has 0 saturated carbocycles. The van der Waals surface area contributed by atoms with E-state index in [4.69, 9.17) is 9.47 Å². The number of carbonyl (C=O) groups excluding carboxylic acids is 2. The molecule has 0 unspecified atom stereocenters. The van der Waals surface area contributed by atoms with Gasteiger partial charge in [-0.05, 0) is 38.0 Å². The van der Waals surface area contributed by atoms with Gasteiger partial charge in [-0.1, -0.05) is 6.07 Å². The third-order valence-electron chi connectivity index (χ3n) is 4.73. The van der Waals surface area contributed by atoms with E-state index in [1.165, 1.54) is 0 Å². The molecule has 1 aromatic carbocycles. The number of benzene rings is 1. The van der Waals surface area contributed by atoms with Crippen LogP contribution in [-0.4, -0.2) is 42.1 Å². The summed E-state index contributed by atoms with van der Waals surface area (Å²) in [6.45, 7) is 7.26. The second-order valence-electron chi connectivity index (χ2n) is 6.53. The maximum Gasteiger partial charge on any atom is 0.409 e. The largest absolute Gasteiger partial charge is 0.486 e. The van der Waals surface area contributed by atoms with Gasteiger partial charge >= 0.3 is 6.09 Å². The van der Waals surface area contributed by atoms with Crippen LogP contribution in [0, 0.1) is 13.8 Å². The van der Waals surface area contributed by atoms with Crippen molar-refractivity contribution >= 4 is 11.9 Å². The van der Waals surface area contributed by atoms with Crippen molar-refractivity contribution in [1.82, 2.24) is 4.90 Å². The van der Waals surface area contributed by atoms with Crippen LogP contribution in [-0.2, 0) is 4.74 Å². The molecule has 1 aromatic rings. The molecule has 0 bridgehead atoms. The van der Waals surface area contributed by atoms with Gasteiger partial charge in [-0.3, -0.25) is 4.79 Å². The molecule has 5 nitrogen and oxygen atoms in total. The number of rotatable bonds is 1. The molecule has 0 N–H and O–H groups in total. The Hall–Kier alpha value is -2.04. The summed E-state index contributed by atoms with van der Waals surface area (Å²) < 4.78 is 11.3. The number of amides is 1. The van der Waals surface area contributed by atoms with Crippen LogP contribution in [0.5, 0.6) is 5.75 Å². The third-order valence-corrected chi connectivity index (χ3v) is 4.73. The van der Waals surface area contributed by atoms with Crippen LogP contribution in [0.2, 0.25) is 0 Å². The fraction of sp³-hybridized carbons (Fsp3) is 0.556. The van der Waals surface area contributed by atoms with Crippen LogP contribution < -0.4 is 4.74 Å². The zero-order valence-electron chi connectivity index (χ0n) is 14.0. The Morgan fingerprint density at radius 1 is 1.30 bits per heavy atom. The van der Waals surface area contributed by atoms with Crippen molar-refractivity contribution in [3.63, 3.8) is 0 Å². The molecule has 124 valence electrons. The van der Waals surface area contributed by atoms with Gasteiger partial charge in [0.25, 0.3) is 0 Å². The molecular formula is C18H23NO4. The molecule has 2 aliphatic heterocycles. The molecular weight excluding hydrogens is 294 g/mol. The molecule has 1 amide bonds. The standard InChI is InChI=1S/C18H23NO4/c1-4-22-17(21)19-7-5-18(6-8-19)11-14(20)16-13(3)9-12(2)10-15(16)23-18/h9-10H,4-8,11H2,1-3H3. The highest BCUT2D eigenvalue weighted by Crippen LogP contribution is 2.41. The monoisotopic (exact) mass is 317 g/mol. The molecule has 0 atom stereocenters. The average Bonchev–Trinajstić information content (AvgIpc) is 2.46.